The molecule has 2 saturated heterocycles. The second kappa shape index (κ2) is 10.9. The number of likely N-dealkylation sites (N-methyl/N-ethyl adjacent to an activating group) is 1. The Kier molecular flexibility index (Phi) is 7.20. The number of carbonyl (C=O) groups excluding carboxylic acids is 1. The molecule has 4 aromatic rings. The number of nitrogens with zero attached hydrogens (tertiary/aromatic N) is 6. The van der Waals surface area contributed by atoms with Crippen molar-refractivity contribution in [3.05, 3.63) is 88.7 Å². The van der Waals surface area contributed by atoms with Crippen molar-refractivity contribution in [2.75, 3.05) is 50.0 Å². The van der Waals surface area contributed by atoms with Gasteiger partial charge in [0.15, 0.2) is 5.65 Å². The fourth-order valence-corrected chi connectivity index (χ4v) is 5.70. The zero-order valence-corrected chi connectivity index (χ0v) is 22.8. The molecule has 2 fully saturated rings. The molecule has 0 aliphatic carbocycles. The van der Waals surface area contributed by atoms with E-state index in [0.29, 0.717) is 41.2 Å². The molecule has 10 heteroatoms. The minimum atomic E-state index is -0.463. The number of aryl methyl sites for hydroxylation is 1. The molecule has 1 N–H and O–H groups in total. The summed E-state index contributed by atoms with van der Waals surface area (Å²) < 4.78 is 30.1. The summed E-state index contributed by atoms with van der Waals surface area (Å²) in [6.45, 7) is 7.79. The summed E-state index contributed by atoms with van der Waals surface area (Å²) in [7, 11) is 2.15. The van der Waals surface area contributed by atoms with Crippen LogP contribution in [0.25, 0.3) is 5.65 Å². The molecule has 8 nitrogen and oxygen atoms in total. The summed E-state index contributed by atoms with van der Waals surface area (Å²) in [4.78, 5) is 24.8. The molecule has 2 aliphatic rings. The summed E-state index contributed by atoms with van der Waals surface area (Å²) in [6, 6.07) is 10.9. The molecule has 40 heavy (non-hydrogen) atoms. The largest absolute Gasteiger partial charge is 0.349 e. The molecular weight excluding hydrogens is 512 g/mol. The number of benzene rings is 2. The van der Waals surface area contributed by atoms with Gasteiger partial charge in [0.2, 0.25) is 0 Å². The van der Waals surface area contributed by atoms with Crippen LogP contribution < -0.4 is 10.2 Å². The van der Waals surface area contributed by atoms with Crippen LogP contribution in [0.3, 0.4) is 0 Å². The molecule has 0 radical (unpaired) electrons. The number of hydrogen-bond acceptors (Lipinski definition) is 6. The van der Waals surface area contributed by atoms with Crippen molar-refractivity contribution in [3.63, 3.8) is 0 Å². The van der Waals surface area contributed by atoms with Crippen molar-refractivity contribution >= 4 is 23.1 Å². The minimum Gasteiger partial charge on any atom is -0.349 e. The molecule has 0 bridgehead atoms. The average molecular weight is 546 g/mol. The van der Waals surface area contributed by atoms with E-state index in [9.17, 15) is 13.6 Å². The lowest BCUT2D eigenvalue weighted by molar-refractivity contribution is 0.102. The maximum absolute atomic E-state index is 14.6. The maximum Gasteiger partial charge on any atom is 0.255 e. The van der Waals surface area contributed by atoms with E-state index in [1.807, 2.05) is 36.1 Å². The first-order chi connectivity index (χ1) is 19.4. The van der Waals surface area contributed by atoms with E-state index in [1.165, 1.54) is 17.7 Å². The maximum atomic E-state index is 14.6. The van der Waals surface area contributed by atoms with E-state index in [2.05, 4.69) is 27.3 Å². The van der Waals surface area contributed by atoms with Gasteiger partial charge in [-0.2, -0.15) is 5.10 Å². The number of fused-ring (bicyclic) bond motifs is 1. The minimum absolute atomic E-state index is 0.239. The van der Waals surface area contributed by atoms with Crippen molar-refractivity contribution in [3.8, 4) is 0 Å². The van der Waals surface area contributed by atoms with E-state index in [1.54, 1.807) is 16.9 Å². The molecule has 2 aromatic carbocycles. The standard InChI is InChI=1S/C30H33F2N7O/c1-20-16-21(5-6-22(20)19-37-14-12-36(2)13-15-37)30(40)34-26-18-33-39-11-9-28(35-29(26)39)38-10-3-4-27(38)24-17-23(31)7-8-25(24)32/h5-9,11,16-18,27H,3-4,10,12-15,19H2,1-2H3,(H,34,40). The van der Waals surface area contributed by atoms with Crippen LogP contribution in [0, 0.1) is 18.6 Å². The molecule has 1 amide bonds. The number of anilines is 2. The van der Waals surface area contributed by atoms with E-state index in [0.717, 1.165) is 50.8 Å². The highest BCUT2D eigenvalue weighted by Gasteiger charge is 2.30. The molecular formula is C30H33F2N7O. The van der Waals surface area contributed by atoms with E-state index >= 15 is 0 Å². The summed E-state index contributed by atoms with van der Waals surface area (Å²) >= 11 is 0. The number of piperazine rings is 1. The Balaban J connectivity index is 1.20. The van der Waals surface area contributed by atoms with Gasteiger partial charge in [0.1, 0.15) is 23.1 Å². The van der Waals surface area contributed by atoms with Crippen molar-refractivity contribution in [1.29, 1.82) is 0 Å². The SMILES string of the molecule is Cc1cc(C(=O)Nc2cnn3ccc(N4CCCC4c4cc(F)ccc4F)nc23)ccc1CN1CCN(C)CC1. The third kappa shape index (κ3) is 5.29. The predicted octanol–water partition coefficient (Wildman–Crippen LogP) is 4.66. The Bertz CT molecular complexity index is 1550. The van der Waals surface area contributed by atoms with E-state index in [4.69, 9.17) is 4.98 Å². The van der Waals surface area contributed by atoms with Gasteiger partial charge in [-0.3, -0.25) is 9.69 Å². The van der Waals surface area contributed by atoms with Crippen LogP contribution in [0.1, 0.15) is 45.9 Å². The van der Waals surface area contributed by atoms with Crippen LogP contribution in [-0.4, -0.2) is 70.1 Å². The lowest BCUT2D eigenvalue weighted by Crippen LogP contribution is -2.43. The summed E-state index contributed by atoms with van der Waals surface area (Å²) in [5.41, 5.74) is 4.16. The quantitative estimate of drug-likeness (QED) is 0.380. The zero-order valence-electron chi connectivity index (χ0n) is 22.8. The van der Waals surface area contributed by atoms with Crippen LogP contribution in [0.15, 0.2) is 54.9 Å². The lowest BCUT2D eigenvalue weighted by Gasteiger charge is -2.32. The highest BCUT2D eigenvalue weighted by atomic mass is 19.1. The van der Waals surface area contributed by atoms with E-state index < -0.39 is 11.6 Å². The first kappa shape index (κ1) is 26.3. The number of rotatable bonds is 6. The van der Waals surface area contributed by atoms with Crippen LogP contribution in [0.2, 0.25) is 0 Å². The number of nitrogens with one attached hydrogen (secondary N) is 1. The number of aromatic nitrogens is 3. The first-order valence-corrected chi connectivity index (χ1v) is 13.7. The smallest absolute Gasteiger partial charge is 0.255 e. The zero-order chi connectivity index (χ0) is 27.8. The van der Waals surface area contributed by atoms with Crippen molar-refractivity contribution < 1.29 is 13.6 Å². The highest BCUT2D eigenvalue weighted by molar-refractivity contribution is 6.06. The topological polar surface area (TPSA) is 69.0 Å². The Morgan fingerprint density at radius 3 is 2.67 bits per heavy atom. The Morgan fingerprint density at radius 1 is 1.05 bits per heavy atom. The van der Waals surface area contributed by atoms with Gasteiger partial charge < -0.3 is 15.1 Å². The Hall–Kier alpha value is -3.89. The molecule has 1 unspecified atom stereocenters. The van der Waals surface area contributed by atoms with Gasteiger partial charge in [-0.15, -0.1) is 0 Å². The summed E-state index contributed by atoms with van der Waals surface area (Å²) in [5.74, 6) is -0.507. The molecule has 0 saturated carbocycles. The van der Waals surface area contributed by atoms with Gasteiger partial charge in [-0.1, -0.05) is 6.07 Å². The average Bonchev–Trinajstić information content (AvgIpc) is 3.59. The molecule has 1 atom stereocenters. The Labute approximate surface area is 232 Å². The molecule has 2 aliphatic heterocycles. The fraction of sp³-hybridized carbons (Fsp3) is 0.367. The van der Waals surface area contributed by atoms with Gasteiger partial charge in [0.05, 0.1) is 12.2 Å². The second-order valence-electron chi connectivity index (χ2n) is 10.8. The predicted molar refractivity (Wildman–Crippen MR) is 151 cm³/mol. The molecule has 2 aromatic heterocycles. The molecule has 208 valence electrons. The number of hydrogen-bond donors (Lipinski definition) is 1. The van der Waals surface area contributed by atoms with Crippen LogP contribution in [0.5, 0.6) is 0 Å². The fourth-order valence-electron chi connectivity index (χ4n) is 5.70. The van der Waals surface area contributed by atoms with Crippen molar-refractivity contribution in [2.45, 2.75) is 32.4 Å². The van der Waals surface area contributed by atoms with Gasteiger partial charge in [-0.25, -0.2) is 18.3 Å². The summed E-state index contributed by atoms with van der Waals surface area (Å²) in [6.07, 6.45) is 4.87. The molecule has 6 rings (SSSR count). The molecule has 0 spiro atoms. The van der Waals surface area contributed by atoms with Crippen LogP contribution in [-0.2, 0) is 6.54 Å². The third-order valence-corrected chi connectivity index (χ3v) is 8.06. The number of carbonyl (C=O) groups is 1. The Morgan fingerprint density at radius 2 is 1.88 bits per heavy atom. The first-order valence-electron chi connectivity index (χ1n) is 13.7. The van der Waals surface area contributed by atoms with Crippen LogP contribution in [0.4, 0.5) is 20.3 Å². The second-order valence-corrected chi connectivity index (χ2v) is 10.8. The monoisotopic (exact) mass is 545 g/mol. The van der Waals surface area contributed by atoms with E-state index in [-0.39, 0.29) is 11.9 Å². The van der Waals surface area contributed by atoms with Crippen molar-refractivity contribution in [2.24, 2.45) is 0 Å². The van der Waals surface area contributed by atoms with Crippen molar-refractivity contribution in [1.82, 2.24) is 24.4 Å². The summed E-state index contributed by atoms with van der Waals surface area (Å²) in [5, 5.41) is 7.30. The van der Waals surface area contributed by atoms with Gasteiger partial charge in [-0.05, 0) is 74.3 Å². The number of amides is 1. The van der Waals surface area contributed by atoms with Gasteiger partial charge in [0, 0.05) is 56.6 Å². The van der Waals surface area contributed by atoms with Gasteiger partial charge in [0.25, 0.3) is 5.91 Å². The third-order valence-electron chi connectivity index (χ3n) is 8.06. The highest BCUT2D eigenvalue weighted by Crippen LogP contribution is 2.37. The van der Waals surface area contributed by atoms with Gasteiger partial charge >= 0.3 is 0 Å². The normalized spacial score (nSPS) is 18.5. The molecule has 4 heterocycles. The number of halogens is 2. The lowest BCUT2D eigenvalue weighted by atomic mass is 10.0. The van der Waals surface area contributed by atoms with Crippen LogP contribution >= 0.6 is 0 Å².